The summed E-state index contributed by atoms with van der Waals surface area (Å²) in [6.07, 6.45) is 1.68. The minimum Gasteiger partial charge on any atom is -0.477 e. The number of anilines is 1. The molecular formula is C21H16N2O3. The summed E-state index contributed by atoms with van der Waals surface area (Å²) < 4.78 is 0. The monoisotopic (exact) mass is 344 g/mol. The number of fused-ring (bicyclic) bond motifs is 1. The second-order valence-electron chi connectivity index (χ2n) is 6.23. The van der Waals surface area contributed by atoms with E-state index in [0.29, 0.717) is 16.8 Å². The SMILES string of the molecule is Cc1cc(/C=C2\C(=O)Nc3cc(-c4ccccc4)ccc32)[nH]c1C(=O)O. The van der Waals surface area contributed by atoms with Crippen LogP contribution in [-0.4, -0.2) is 22.0 Å². The number of nitrogens with one attached hydrogen (secondary N) is 2. The summed E-state index contributed by atoms with van der Waals surface area (Å²) in [5.74, 6) is -1.22. The Morgan fingerprint density at radius 2 is 1.81 bits per heavy atom. The zero-order valence-corrected chi connectivity index (χ0v) is 14.0. The Morgan fingerprint density at radius 3 is 2.50 bits per heavy atom. The van der Waals surface area contributed by atoms with Crippen LogP contribution in [0.25, 0.3) is 22.8 Å². The quantitative estimate of drug-likeness (QED) is 0.623. The van der Waals surface area contributed by atoms with Gasteiger partial charge in [0.15, 0.2) is 0 Å². The normalized spacial score (nSPS) is 14.3. The van der Waals surface area contributed by atoms with Crippen molar-refractivity contribution in [3.63, 3.8) is 0 Å². The van der Waals surface area contributed by atoms with Gasteiger partial charge >= 0.3 is 5.97 Å². The first kappa shape index (κ1) is 15.9. The fourth-order valence-corrected chi connectivity index (χ4v) is 3.19. The molecule has 0 bridgehead atoms. The fourth-order valence-electron chi connectivity index (χ4n) is 3.19. The van der Waals surface area contributed by atoms with Gasteiger partial charge in [-0.25, -0.2) is 4.79 Å². The Hall–Kier alpha value is -3.60. The molecule has 0 aliphatic carbocycles. The number of aryl methyl sites for hydroxylation is 1. The van der Waals surface area contributed by atoms with Gasteiger partial charge in [0.05, 0.1) is 5.57 Å². The molecule has 1 amide bonds. The third-order valence-corrected chi connectivity index (χ3v) is 4.46. The number of hydrogen-bond donors (Lipinski definition) is 3. The predicted molar refractivity (Wildman–Crippen MR) is 101 cm³/mol. The van der Waals surface area contributed by atoms with Crippen LogP contribution in [-0.2, 0) is 4.79 Å². The Labute approximate surface area is 150 Å². The summed E-state index contributed by atoms with van der Waals surface area (Å²) in [4.78, 5) is 26.4. The smallest absolute Gasteiger partial charge is 0.352 e. The average Bonchev–Trinajstić information content (AvgIpc) is 3.15. The number of rotatable bonds is 3. The summed E-state index contributed by atoms with van der Waals surface area (Å²) in [5, 5.41) is 12.0. The number of hydrogen-bond acceptors (Lipinski definition) is 2. The molecule has 5 nitrogen and oxygen atoms in total. The molecule has 2 heterocycles. The first-order valence-corrected chi connectivity index (χ1v) is 8.19. The highest BCUT2D eigenvalue weighted by Gasteiger charge is 2.25. The zero-order chi connectivity index (χ0) is 18.3. The molecule has 1 aliphatic rings. The Morgan fingerprint density at radius 1 is 1.04 bits per heavy atom. The zero-order valence-electron chi connectivity index (χ0n) is 14.0. The lowest BCUT2D eigenvalue weighted by Gasteiger charge is -2.04. The van der Waals surface area contributed by atoms with E-state index in [1.165, 1.54) is 0 Å². The molecule has 0 saturated heterocycles. The van der Waals surface area contributed by atoms with Gasteiger partial charge in [0.25, 0.3) is 5.91 Å². The first-order chi connectivity index (χ1) is 12.5. The molecule has 0 unspecified atom stereocenters. The molecule has 0 radical (unpaired) electrons. The van der Waals surface area contributed by atoms with Gasteiger partial charge in [-0.1, -0.05) is 42.5 Å². The number of benzene rings is 2. The molecular weight excluding hydrogens is 328 g/mol. The lowest BCUT2D eigenvalue weighted by molar-refractivity contribution is -0.110. The van der Waals surface area contributed by atoms with E-state index in [-0.39, 0.29) is 11.6 Å². The molecule has 1 aromatic heterocycles. The topological polar surface area (TPSA) is 82.2 Å². The summed E-state index contributed by atoms with van der Waals surface area (Å²) in [6, 6.07) is 17.5. The van der Waals surface area contributed by atoms with Crippen molar-refractivity contribution in [2.75, 3.05) is 5.32 Å². The van der Waals surface area contributed by atoms with Crippen molar-refractivity contribution in [1.82, 2.24) is 4.98 Å². The third kappa shape index (κ3) is 2.69. The maximum atomic E-state index is 12.4. The maximum absolute atomic E-state index is 12.4. The van der Waals surface area contributed by atoms with Gasteiger partial charge in [0, 0.05) is 16.9 Å². The van der Waals surface area contributed by atoms with E-state index in [9.17, 15) is 9.59 Å². The number of aromatic amines is 1. The minimum absolute atomic E-state index is 0.134. The van der Waals surface area contributed by atoms with Crippen molar-refractivity contribution in [2.24, 2.45) is 0 Å². The van der Waals surface area contributed by atoms with Gasteiger partial charge in [0.2, 0.25) is 0 Å². The standard InChI is InChI=1S/C21H16N2O3/c1-12-9-15(22-19(12)21(25)26)11-17-16-8-7-14(10-18(16)23-20(17)24)13-5-3-2-4-6-13/h2-11,22H,1H3,(H,23,24)(H,25,26)/b17-11-. The fraction of sp³-hybridized carbons (Fsp3) is 0.0476. The summed E-state index contributed by atoms with van der Waals surface area (Å²) in [6.45, 7) is 1.72. The van der Waals surface area contributed by atoms with Crippen LogP contribution in [0.5, 0.6) is 0 Å². The molecule has 3 aromatic rings. The van der Waals surface area contributed by atoms with Crippen molar-refractivity contribution < 1.29 is 14.7 Å². The Balaban J connectivity index is 1.74. The molecule has 0 fully saturated rings. The van der Waals surface area contributed by atoms with E-state index in [1.807, 2.05) is 48.5 Å². The summed E-state index contributed by atoms with van der Waals surface area (Å²) in [5.41, 5.74) is 5.52. The molecule has 0 atom stereocenters. The minimum atomic E-state index is -1.02. The van der Waals surface area contributed by atoms with Crippen LogP contribution < -0.4 is 5.32 Å². The molecule has 128 valence electrons. The molecule has 0 spiro atoms. The van der Waals surface area contributed by atoms with Crippen molar-refractivity contribution in [2.45, 2.75) is 6.92 Å². The number of carboxylic acids is 1. The van der Waals surface area contributed by atoms with Crippen LogP contribution in [0, 0.1) is 6.92 Å². The Bertz CT molecular complexity index is 1060. The van der Waals surface area contributed by atoms with Gasteiger partial charge in [-0.05, 0) is 41.8 Å². The highest BCUT2D eigenvalue weighted by molar-refractivity contribution is 6.35. The van der Waals surface area contributed by atoms with Crippen molar-refractivity contribution >= 4 is 29.2 Å². The highest BCUT2D eigenvalue weighted by Crippen LogP contribution is 2.36. The van der Waals surface area contributed by atoms with Crippen LogP contribution >= 0.6 is 0 Å². The number of H-pyrrole nitrogens is 1. The molecule has 3 N–H and O–H groups in total. The molecule has 5 heteroatoms. The second-order valence-corrected chi connectivity index (χ2v) is 6.23. The third-order valence-electron chi connectivity index (χ3n) is 4.46. The van der Waals surface area contributed by atoms with Crippen molar-refractivity contribution in [1.29, 1.82) is 0 Å². The van der Waals surface area contributed by atoms with Crippen LogP contribution in [0.2, 0.25) is 0 Å². The van der Waals surface area contributed by atoms with Crippen LogP contribution in [0.1, 0.15) is 27.3 Å². The molecule has 4 rings (SSSR count). The van der Waals surface area contributed by atoms with Crippen molar-refractivity contribution in [3.05, 3.63) is 77.1 Å². The van der Waals surface area contributed by atoms with E-state index in [0.717, 1.165) is 22.4 Å². The lowest BCUT2D eigenvalue weighted by atomic mass is 10.00. The predicted octanol–water partition coefficient (Wildman–Crippen LogP) is 4.18. The number of carbonyl (C=O) groups is 2. The van der Waals surface area contributed by atoms with Crippen LogP contribution in [0.3, 0.4) is 0 Å². The number of carboxylic acid groups (broad SMARTS) is 1. The van der Waals surface area contributed by atoms with E-state index in [1.54, 1.807) is 19.1 Å². The maximum Gasteiger partial charge on any atom is 0.352 e. The summed E-state index contributed by atoms with van der Waals surface area (Å²) in [7, 11) is 0. The van der Waals surface area contributed by atoms with Gasteiger partial charge < -0.3 is 15.4 Å². The van der Waals surface area contributed by atoms with Gasteiger partial charge in [-0.15, -0.1) is 0 Å². The number of aromatic carboxylic acids is 1. The average molecular weight is 344 g/mol. The Kier molecular flexibility index (Phi) is 3.69. The second kappa shape index (κ2) is 6.04. The molecule has 1 aliphatic heterocycles. The van der Waals surface area contributed by atoms with Crippen LogP contribution in [0.15, 0.2) is 54.6 Å². The van der Waals surface area contributed by atoms with Gasteiger partial charge in [-0.2, -0.15) is 0 Å². The number of aromatic nitrogens is 1. The van der Waals surface area contributed by atoms with E-state index in [2.05, 4.69) is 10.3 Å². The largest absolute Gasteiger partial charge is 0.477 e. The molecule has 0 saturated carbocycles. The highest BCUT2D eigenvalue weighted by atomic mass is 16.4. The number of carbonyl (C=O) groups excluding carboxylic acids is 1. The molecule has 26 heavy (non-hydrogen) atoms. The van der Waals surface area contributed by atoms with Crippen molar-refractivity contribution in [3.8, 4) is 11.1 Å². The van der Waals surface area contributed by atoms with Gasteiger partial charge in [-0.3, -0.25) is 4.79 Å². The van der Waals surface area contributed by atoms with Gasteiger partial charge in [0.1, 0.15) is 5.69 Å². The summed E-state index contributed by atoms with van der Waals surface area (Å²) >= 11 is 0. The number of amides is 1. The van der Waals surface area contributed by atoms with Crippen LogP contribution in [0.4, 0.5) is 5.69 Å². The van der Waals surface area contributed by atoms with E-state index < -0.39 is 5.97 Å². The lowest BCUT2D eigenvalue weighted by Crippen LogP contribution is -2.03. The van der Waals surface area contributed by atoms with E-state index >= 15 is 0 Å². The molecule has 2 aromatic carbocycles. The van der Waals surface area contributed by atoms with E-state index in [4.69, 9.17) is 5.11 Å². The first-order valence-electron chi connectivity index (χ1n) is 8.19.